The van der Waals surface area contributed by atoms with E-state index in [0.29, 0.717) is 25.3 Å². The molecule has 1 saturated heterocycles. The van der Waals surface area contributed by atoms with Gasteiger partial charge in [-0.05, 0) is 86.2 Å². The third-order valence-electron chi connectivity index (χ3n) is 6.47. The van der Waals surface area contributed by atoms with E-state index in [1.807, 2.05) is 60.4 Å². The predicted molar refractivity (Wildman–Crippen MR) is 156 cm³/mol. The number of benzene rings is 3. The molecule has 3 aromatic rings. The molecule has 7 nitrogen and oxygen atoms in total. The summed E-state index contributed by atoms with van der Waals surface area (Å²) in [6.07, 6.45) is 2.07. The number of unbranched alkanes of at least 4 members (excludes halogenated alkanes) is 1. The summed E-state index contributed by atoms with van der Waals surface area (Å²) in [5, 5.41) is 6.02. The number of piperazine rings is 1. The molecule has 0 radical (unpaired) electrons. The largest absolute Gasteiger partial charge is 0.494 e. The third kappa shape index (κ3) is 7.32. The molecule has 0 bridgehead atoms. The Balaban J connectivity index is 1.23. The van der Waals surface area contributed by atoms with Crippen molar-refractivity contribution in [1.29, 1.82) is 0 Å². The average Bonchev–Trinajstić information content (AvgIpc) is 2.94. The van der Waals surface area contributed by atoms with Crippen LogP contribution >= 0.6 is 12.2 Å². The molecule has 0 saturated carbocycles. The van der Waals surface area contributed by atoms with Crippen LogP contribution in [0, 0.1) is 6.92 Å². The molecule has 38 heavy (non-hydrogen) atoms. The fourth-order valence-electron chi connectivity index (χ4n) is 4.18. The summed E-state index contributed by atoms with van der Waals surface area (Å²) < 4.78 is 5.64. The van der Waals surface area contributed by atoms with Crippen LogP contribution in [0.3, 0.4) is 0 Å². The van der Waals surface area contributed by atoms with Crippen molar-refractivity contribution in [2.75, 3.05) is 43.0 Å². The number of ether oxygens (including phenoxy) is 1. The maximum Gasteiger partial charge on any atom is 0.257 e. The third-order valence-corrected chi connectivity index (χ3v) is 6.67. The van der Waals surface area contributed by atoms with E-state index in [9.17, 15) is 9.59 Å². The van der Waals surface area contributed by atoms with Gasteiger partial charge in [0, 0.05) is 48.7 Å². The molecule has 0 aromatic heterocycles. The van der Waals surface area contributed by atoms with Gasteiger partial charge in [-0.3, -0.25) is 14.9 Å². The molecule has 2 amide bonds. The van der Waals surface area contributed by atoms with Gasteiger partial charge in [0.2, 0.25) is 0 Å². The molecule has 1 fully saturated rings. The Morgan fingerprint density at radius 2 is 1.50 bits per heavy atom. The Kier molecular flexibility index (Phi) is 9.32. The number of nitrogens with zero attached hydrogens (tertiary/aromatic N) is 2. The van der Waals surface area contributed by atoms with Crippen LogP contribution in [0.4, 0.5) is 11.4 Å². The lowest BCUT2D eigenvalue weighted by Crippen LogP contribution is -2.48. The van der Waals surface area contributed by atoms with Crippen LogP contribution in [-0.4, -0.2) is 54.6 Å². The minimum Gasteiger partial charge on any atom is -0.494 e. The topological polar surface area (TPSA) is 73.9 Å². The van der Waals surface area contributed by atoms with Crippen molar-refractivity contribution < 1.29 is 14.3 Å². The van der Waals surface area contributed by atoms with Crippen molar-refractivity contribution in [3.8, 4) is 5.75 Å². The Bertz CT molecular complexity index is 1240. The van der Waals surface area contributed by atoms with E-state index in [1.54, 1.807) is 24.3 Å². The Morgan fingerprint density at radius 3 is 2.13 bits per heavy atom. The minimum absolute atomic E-state index is 0.0796. The van der Waals surface area contributed by atoms with Crippen molar-refractivity contribution in [3.05, 3.63) is 89.5 Å². The number of nitrogens with one attached hydrogen (secondary N) is 2. The van der Waals surface area contributed by atoms with Gasteiger partial charge in [0.1, 0.15) is 5.75 Å². The fourth-order valence-corrected chi connectivity index (χ4v) is 4.39. The molecule has 0 aliphatic carbocycles. The molecule has 0 unspecified atom stereocenters. The standard InChI is InChI=1S/C30H34N4O3S/c1-3-4-21-37-27-15-9-23(10-16-27)28(35)32-30(38)31-25-11-13-26(14-12-25)33-17-19-34(20-18-33)29(36)24-7-5-22(2)6-8-24/h5-16H,3-4,17-21H2,1-2H3,(H2,31,32,35,38). The summed E-state index contributed by atoms with van der Waals surface area (Å²) >= 11 is 5.34. The highest BCUT2D eigenvalue weighted by atomic mass is 32.1. The molecule has 0 spiro atoms. The van der Waals surface area contributed by atoms with Crippen molar-refractivity contribution in [2.24, 2.45) is 0 Å². The second kappa shape index (κ2) is 13.1. The number of aryl methyl sites for hydroxylation is 1. The minimum atomic E-state index is -0.280. The van der Waals surface area contributed by atoms with Crippen molar-refractivity contribution in [2.45, 2.75) is 26.7 Å². The van der Waals surface area contributed by atoms with Gasteiger partial charge in [-0.1, -0.05) is 31.0 Å². The number of carbonyl (C=O) groups is 2. The number of anilines is 2. The van der Waals surface area contributed by atoms with Crippen LogP contribution in [0.15, 0.2) is 72.8 Å². The van der Waals surface area contributed by atoms with Crippen LogP contribution in [0.2, 0.25) is 0 Å². The Morgan fingerprint density at radius 1 is 0.868 bits per heavy atom. The normalized spacial score (nSPS) is 13.1. The summed E-state index contributed by atoms with van der Waals surface area (Å²) in [4.78, 5) is 29.5. The second-order valence-corrected chi connectivity index (χ2v) is 9.74. The van der Waals surface area contributed by atoms with Crippen molar-refractivity contribution >= 4 is 40.5 Å². The molecular formula is C30H34N4O3S. The van der Waals surface area contributed by atoms with E-state index < -0.39 is 0 Å². The van der Waals surface area contributed by atoms with Crippen LogP contribution in [0.1, 0.15) is 46.0 Å². The summed E-state index contributed by atoms with van der Waals surface area (Å²) in [5.74, 6) is 0.545. The molecule has 3 aromatic carbocycles. The lowest BCUT2D eigenvalue weighted by atomic mass is 10.1. The molecular weight excluding hydrogens is 496 g/mol. The highest BCUT2D eigenvalue weighted by Crippen LogP contribution is 2.20. The van der Waals surface area contributed by atoms with Crippen LogP contribution in [0.5, 0.6) is 5.75 Å². The van der Waals surface area contributed by atoms with Crippen LogP contribution < -0.4 is 20.3 Å². The first kappa shape index (κ1) is 27.1. The summed E-state index contributed by atoms with van der Waals surface area (Å²) in [7, 11) is 0. The SMILES string of the molecule is CCCCOc1ccc(C(=O)NC(=S)Nc2ccc(N3CCN(C(=O)c4ccc(C)cc4)CC3)cc2)cc1. The lowest BCUT2D eigenvalue weighted by Gasteiger charge is -2.36. The van der Waals surface area contributed by atoms with E-state index in [0.717, 1.165) is 54.2 Å². The smallest absolute Gasteiger partial charge is 0.257 e. The van der Waals surface area contributed by atoms with E-state index in [-0.39, 0.29) is 16.9 Å². The molecule has 4 rings (SSSR count). The zero-order valence-corrected chi connectivity index (χ0v) is 22.7. The predicted octanol–water partition coefficient (Wildman–Crippen LogP) is 5.26. The maximum atomic E-state index is 12.8. The first-order valence-electron chi connectivity index (χ1n) is 13.0. The molecule has 0 atom stereocenters. The highest BCUT2D eigenvalue weighted by Gasteiger charge is 2.22. The number of hydrogen-bond acceptors (Lipinski definition) is 5. The molecule has 8 heteroatoms. The quantitative estimate of drug-likeness (QED) is 0.306. The fraction of sp³-hybridized carbons (Fsp3) is 0.300. The molecule has 2 N–H and O–H groups in total. The first-order chi connectivity index (χ1) is 18.4. The Labute approximate surface area is 229 Å². The monoisotopic (exact) mass is 530 g/mol. The van der Waals surface area contributed by atoms with Gasteiger partial charge in [-0.2, -0.15) is 0 Å². The average molecular weight is 531 g/mol. The van der Waals surface area contributed by atoms with Crippen molar-refractivity contribution in [3.63, 3.8) is 0 Å². The second-order valence-electron chi connectivity index (χ2n) is 9.33. The number of hydrogen-bond donors (Lipinski definition) is 2. The summed E-state index contributed by atoms with van der Waals surface area (Å²) in [6, 6.07) is 22.6. The van der Waals surface area contributed by atoms with Gasteiger partial charge < -0.3 is 19.9 Å². The van der Waals surface area contributed by atoms with Gasteiger partial charge >= 0.3 is 0 Å². The number of carbonyl (C=O) groups excluding carboxylic acids is 2. The number of amides is 2. The van der Waals surface area contributed by atoms with Crippen LogP contribution in [0.25, 0.3) is 0 Å². The number of rotatable bonds is 8. The van der Waals surface area contributed by atoms with E-state index in [4.69, 9.17) is 17.0 Å². The number of thiocarbonyl (C=S) groups is 1. The highest BCUT2D eigenvalue weighted by molar-refractivity contribution is 7.80. The van der Waals surface area contributed by atoms with Crippen molar-refractivity contribution in [1.82, 2.24) is 10.2 Å². The van der Waals surface area contributed by atoms with Gasteiger partial charge in [0.15, 0.2) is 5.11 Å². The van der Waals surface area contributed by atoms with E-state index in [1.165, 1.54) is 0 Å². The van der Waals surface area contributed by atoms with Gasteiger partial charge in [-0.25, -0.2) is 0 Å². The zero-order valence-electron chi connectivity index (χ0n) is 21.9. The van der Waals surface area contributed by atoms with Crippen LogP contribution in [-0.2, 0) is 0 Å². The van der Waals surface area contributed by atoms with E-state index in [2.05, 4.69) is 22.5 Å². The Hall–Kier alpha value is -3.91. The molecule has 1 aliphatic heterocycles. The van der Waals surface area contributed by atoms with E-state index >= 15 is 0 Å². The summed E-state index contributed by atoms with van der Waals surface area (Å²) in [5.41, 5.74) is 4.25. The van der Waals surface area contributed by atoms with Gasteiger partial charge in [-0.15, -0.1) is 0 Å². The van der Waals surface area contributed by atoms with Gasteiger partial charge in [0.05, 0.1) is 6.61 Å². The molecule has 1 aliphatic rings. The van der Waals surface area contributed by atoms with Gasteiger partial charge in [0.25, 0.3) is 11.8 Å². The molecule has 198 valence electrons. The summed E-state index contributed by atoms with van der Waals surface area (Å²) in [6.45, 7) is 7.68. The lowest BCUT2D eigenvalue weighted by molar-refractivity contribution is 0.0746. The molecule has 1 heterocycles. The maximum absolute atomic E-state index is 12.8. The zero-order chi connectivity index (χ0) is 26.9. The first-order valence-corrected chi connectivity index (χ1v) is 13.4.